The summed E-state index contributed by atoms with van der Waals surface area (Å²) in [5.41, 5.74) is 1.56. The van der Waals surface area contributed by atoms with Gasteiger partial charge in [-0.1, -0.05) is 37.3 Å². The van der Waals surface area contributed by atoms with Gasteiger partial charge in [-0.25, -0.2) is 4.39 Å². The molecule has 0 aliphatic carbocycles. The first-order valence-electron chi connectivity index (χ1n) is 10.9. The lowest BCUT2D eigenvalue weighted by atomic mass is 10.1. The van der Waals surface area contributed by atoms with Crippen molar-refractivity contribution < 1.29 is 18.7 Å². The Bertz CT molecular complexity index is 1090. The van der Waals surface area contributed by atoms with Crippen LogP contribution in [-0.2, 0) is 9.59 Å². The lowest BCUT2D eigenvalue weighted by Crippen LogP contribution is -2.51. The van der Waals surface area contributed by atoms with Crippen LogP contribution in [0.3, 0.4) is 0 Å². The highest BCUT2D eigenvalue weighted by Crippen LogP contribution is 2.33. The molecule has 2 heterocycles. The number of hydrogen-bond donors (Lipinski definition) is 2. The summed E-state index contributed by atoms with van der Waals surface area (Å²) in [6.45, 7) is 2.88. The molecule has 0 spiro atoms. The van der Waals surface area contributed by atoms with Crippen molar-refractivity contribution in [1.29, 1.82) is 0 Å². The first-order valence-corrected chi connectivity index (χ1v) is 11.8. The van der Waals surface area contributed by atoms with E-state index >= 15 is 0 Å². The predicted molar refractivity (Wildman–Crippen MR) is 127 cm³/mol. The van der Waals surface area contributed by atoms with Gasteiger partial charge in [-0.2, -0.15) is 0 Å². The van der Waals surface area contributed by atoms with Crippen molar-refractivity contribution in [3.8, 4) is 5.75 Å². The number of halogens is 1. The summed E-state index contributed by atoms with van der Waals surface area (Å²) in [6, 6.07) is 17.0. The van der Waals surface area contributed by atoms with E-state index in [2.05, 4.69) is 10.6 Å². The number of fused-ring (bicyclic) bond motifs is 1. The molecule has 1 aliphatic heterocycles. The number of hydrogen-bond acceptors (Lipinski definition) is 5. The first-order chi connectivity index (χ1) is 16.0. The molecule has 1 aromatic heterocycles. The summed E-state index contributed by atoms with van der Waals surface area (Å²) in [6.07, 6.45) is 0.124. The zero-order chi connectivity index (χ0) is 23.2. The van der Waals surface area contributed by atoms with Crippen LogP contribution in [-0.4, -0.2) is 37.6 Å². The van der Waals surface area contributed by atoms with Crippen molar-refractivity contribution >= 4 is 28.8 Å². The highest BCUT2D eigenvalue weighted by atomic mass is 32.1. The number of para-hydroxylation sites is 2. The molecule has 0 saturated heterocycles. The van der Waals surface area contributed by atoms with Crippen molar-refractivity contribution in [3.05, 3.63) is 82.3 Å². The number of carbonyl (C=O) groups is 2. The number of anilines is 1. The van der Waals surface area contributed by atoms with Crippen LogP contribution >= 0.6 is 11.3 Å². The summed E-state index contributed by atoms with van der Waals surface area (Å²) >= 11 is 1.52. The normalized spacial score (nSPS) is 15.8. The Labute approximate surface area is 196 Å². The third kappa shape index (κ3) is 5.51. The smallest absolute Gasteiger partial charge is 0.262 e. The molecule has 2 atom stereocenters. The summed E-state index contributed by atoms with van der Waals surface area (Å²) < 4.78 is 19.4. The van der Waals surface area contributed by atoms with Gasteiger partial charge in [0.05, 0.1) is 24.8 Å². The molecule has 0 bridgehead atoms. The van der Waals surface area contributed by atoms with E-state index in [9.17, 15) is 14.0 Å². The molecule has 2 unspecified atom stereocenters. The number of rotatable bonds is 8. The minimum Gasteiger partial charge on any atom is -0.477 e. The molecule has 4 rings (SSSR count). The van der Waals surface area contributed by atoms with Crippen LogP contribution in [0.25, 0.3) is 0 Å². The highest BCUT2D eigenvalue weighted by molar-refractivity contribution is 7.10. The molecular formula is C25H26FN3O3S. The summed E-state index contributed by atoms with van der Waals surface area (Å²) in [4.78, 5) is 28.5. The molecule has 1 aliphatic rings. The van der Waals surface area contributed by atoms with Crippen molar-refractivity contribution in [2.45, 2.75) is 25.5 Å². The maximum Gasteiger partial charge on any atom is 0.262 e. The number of benzene rings is 2. The molecule has 33 heavy (non-hydrogen) atoms. The van der Waals surface area contributed by atoms with E-state index < -0.39 is 12.1 Å². The zero-order valence-corrected chi connectivity index (χ0v) is 19.1. The number of thiophene rings is 1. The van der Waals surface area contributed by atoms with Gasteiger partial charge in [0.1, 0.15) is 11.6 Å². The average Bonchev–Trinajstić information content (AvgIpc) is 3.36. The quantitative estimate of drug-likeness (QED) is 0.527. The van der Waals surface area contributed by atoms with Crippen molar-refractivity contribution in [1.82, 2.24) is 10.6 Å². The number of nitrogens with one attached hydrogen (secondary N) is 2. The molecule has 6 nitrogen and oxygen atoms in total. The van der Waals surface area contributed by atoms with Crippen LogP contribution < -0.4 is 20.3 Å². The van der Waals surface area contributed by atoms with Gasteiger partial charge in [-0.3, -0.25) is 9.59 Å². The molecule has 2 N–H and O–H groups in total. The van der Waals surface area contributed by atoms with Gasteiger partial charge in [0, 0.05) is 11.4 Å². The predicted octanol–water partition coefficient (Wildman–Crippen LogP) is 3.89. The van der Waals surface area contributed by atoms with Gasteiger partial charge in [-0.15, -0.1) is 11.3 Å². The second-order valence-corrected chi connectivity index (χ2v) is 8.79. The zero-order valence-electron chi connectivity index (χ0n) is 18.3. The van der Waals surface area contributed by atoms with Crippen molar-refractivity contribution in [3.63, 3.8) is 0 Å². The Morgan fingerprint density at radius 3 is 2.67 bits per heavy atom. The molecule has 0 saturated carbocycles. The van der Waals surface area contributed by atoms with Gasteiger partial charge in [0.15, 0.2) is 6.10 Å². The van der Waals surface area contributed by atoms with E-state index in [1.165, 1.54) is 23.5 Å². The molecule has 3 aromatic rings. The molecule has 0 radical (unpaired) electrons. The van der Waals surface area contributed by atoms with Gasteiger partial charge in [-0.05, 0) is 47.7 Å². The van der Waals surface area contributed by atoms with Crippen LogP contribution in [0.4, 0.5) is 10.1 Å². The Morgan fingerprint density at radius 1 is 1.15 bits per heavy atom. The minimum atomic E-state index is -0.704. The molecule has 2 aromatic carbocycles. The van der Waals surface area contributed by atoms with Gasteiger partial charge >= 0.3 is 0 Å². The number of nitrogens with zero attached hydrogens (tertiary/aromatic N) is 1. The lowest BCUT2D eigenvalue weighted by molar-refractivity contribution is -0.128. The van der Waals surface area contributed by atoms with E-state index in [0.717, 1.165) is 22.5 Å². The topological polar surface area (TPSA) is 70.7 Å². The van der Waals surface area contributed by atoms with Crippen LogP contribution in [0.2, 0.25) is 0 Å². The fourth-order valence-corrected chi connectivity index (χ4v) is 4.57. The fraction of sp³-hybridized carbons (Fsp3) is 0.280. The van der Waals surface area contributed by atoms with Crippen molar-refractivity contribution in [2.24, 2.45) is 0 Å². The summed E-state index contributed by atoms with van der Waals surface area (Å²) in [5.74, 6) is -0.157. The maximum absolute atomic E-state index is 13.4. The number of amides is 2. The second-order valence-electron chi connectivity index (χ2n) is 7.81. The van der Waals surface area contributed by atoms with E-state index in [0.29, 0.717) is 12.3 Å². The Morgan fingerprint density at radius 2 is 1.94 bits per heavy atom. The van der Waals surface area contributed by atoms with Gasteiger partial charge in [0.2, 0.25) is 5.91 Å². The second kappa shape index (κ2) is 10.5. The van der Waals surface area contributed by atoms with Crippen LogP contribution in [0.15, 0.2) is 66.0 Å². The van der Waals surface area contributed by atoms with E-state index in [-0.39, 0.29) is 30.7 Å². The van der Waals surface area contributed by atoms with Crippen LogP contribution in [0, 0.1) is 5.82 Å². The SMILES string of the molecule is CCCNC(=O)C1CN(CC(=O)NC(c2ccc(F)cc2)c2cccs2)c2ccccc2O1. The van der Waals surface area contributed by atoms with Crippen molar-refractivity contribution in [2.75, 3.05) is 24.5 Å². The Kier molecular flexibility index (Phi) is 7.24. The summed E-state index contributed by atoms with van der Waals surface area (Å²) in [5, 5.41) is 7.88. The van der Waals surface area contributed by atoms with E-state index in [1.54, 1.807) is 18.2 Å². The molecule has 2 amide bonds. The van der Waals surface area contributed by atoms with Gasteiger partial charge < -0.3 is 20.3 Å². The Balaban J connectivity index is 1.52. The van der Waals surface area contributed by atoms with E-state index in [1.807, 2.05) is 47.5 Å². The van der Waals surface area contributed by atoms with Crippen LogP contribution in [0.1, 0.15) is 29.8 Å². The number of ether oxygens (including phenoxy) is 1. The monoisotopic (exact) mass is 467 g/mol. The van der Waals surface area contributed by atoms with E-state index in [4.69, 9.17) is 4.74 Å². The first kappa shape index (κ1) is 22.8. The molecule has 0 fully saturated rings. The average molecular weight is 468 g/mol. The maximum atomic E-state index is 13.4. The number of carbonyl (C=O) groups excluding carboxylic acids is 2. The molecule has 8 heteroatoms. The third-order valence-electron chi connectivity index (χ3n) is 5.37. The third-order valence-corrected chi connectivity index (χ3v) is 6.31. The highest BCUT2D eigenvalue weighted by Gasteiger charge is 2.32. The largest absolute Gasteiger partial charge is 0.477 e. The van der Waals surface area contributed by atoms with Crippen LogP contribution in [0.5, 0.6) is 5.75 Å². The van der Waals surface area contributed by atoms with Gasteiger partial charge in [0.25, 0.3) is 5.91 Å². The molecule has 172 valence electrons. The standard InChI is InChI=1S/C25H26FN3O3S/c1-2-13-27-25(31)21-15-29(19-6-3-4-7-20(19)32-21)16-23(30)28-24(22-8-5-14-33-22)17-9-11-18(26)12-10-17/h3-12,14,21,24H,2,13,15-16H2,1H3,(H,27,31)(H,28,30). The minimum absolute atomic E-state index is 0.0565. The fourth-order valence-electron chi connectivity index (χ4n) is 3.76. The Hall–Kier alpha value is -3.39. The lowest BCUT2D eigenvalue weighted by Gasteiger charge is -2.35. The summed E-state index contributed by atoms with van der Waals surface area (Å²) in [7, 11) is 0. The molecular weight excluding hydrogens is 441 g/mol.